The number of carboxylic acid groups (broad SMARTS) is 1. The minimum Gasteiger partial charge on any atom is -0.481 e. The van der Waals surface area contributed by atoms with Gasteiger partial charge >= 0.3 is 5.97 Å². The fourth-order valence-corrected chi connectivity index (χ4v) is 3.07. The molecule has 0 aromatic carbocycles. The highest BCUT2D eigenvalue weighted by atomic mass is 79.9. The molecule has 0 saturated carbocycles. The number of rotatable bonds is 4. The fraction of sp³-hybridized carbons (Fsp3) is 0.571. The van der Waals surface area contributed by atoms with Crippen LogP contribution in [-0.2, 0) is 9.59 Å². The third kappa shape index (κ3) is 3.06. The lowest BCUT2D eigenvalue weighted by Crippen LogP contribution is -2.39. The van der Waals surface area contributed by atoms with Crippen LogP contribution < -0.4 is 0 Å². The molecule has 0 aliphatic carbocycles. The molecule has 1 aliphatic heterocycles. The normalized spacial score (nSPS) is 23.7. The Labute approximate surface area is 126 Å². The molecule has 6 heteroatoms. The Morgan fingerprint density at radius 3 is 2.85 bits per heavy atom. The van der Waals surface area contributed by atoms with Crippen molar-refractivity contribution in [2.24, 2.45) is 5.92 Å². The van der Waals surface area contributed by atoms with Crippen molar-refractivity contribution in [1.82, 2.24) is 4.90 Å². The quantitative estimate of drug-likeness (QED) is 0.911. The summed E-state index contributed by atoms with van der Waals surface area (Å²) in [5.41, 5.74) is 0. The van der Waals surface area contributed by atoms with Crippen LogP contribution in [0.5, 0.6) is 0 Å². The molecule has 2 atom stereocenters. The SMILES string of the molecule is CCCN1C(=O)CCCC(C(=O)O)C1c1ccc(Br)o1. The Hall–Kier alpha value is -1.30. The average Bonchev–Trinajstić information content (AvgIpc) is 2.74. The second kappa shape index (κ2) is 6.43. The molecule has 1 aliphatic rings. The van der Waals surface area contributed by atoms with Gasteiger partial charge in [-0.15, -0.1) is 0 Å². The van der Waals surface area contributed by atoms with E-state index in [1.807, 2.05) is 6.92 Å². The summed E-state index contributed by atoms with van der Waals surface area (Å²) < 4.78 is 6.09. The number of halogens is 1. The molecule has 1 aromatic rings. The van der Waals surface area contributed by atoms with Gasteiger partial charge in [-0.1, -0.05) is 6.92 Å². The molecule has 2 rings (SSSR count). The third-order valence-corrected chi connectivity index (χ3v) is 4.04. The summed E-state index contributed by atoms with van der Waals surface area (Å²) in [6.07, 6.45) is 2.29. The van der Waals surface area contributed by atoms with Gasteiger partial charge < -0.3 is 14.4 Å². The second-order valence-electron chi connectivity index (χ2n) is 5.01. The van der Waals surface area contributed by atoms with Gasteiger partial charge in [0.1, 0.15) is 11.8 Å². The van der Waals surface area contributed by atoms with E-state index in [-0.39, 0.29) is 5.91 Å². The van der Waals surface area contributed by atoms with E-state index in [1.54, 1.807) is 17.0 Å². The molecule has 1 aromatic heterocycles. The molecule has 0 spiro atoms. The number of likely N-dealkylation sites (tertiary alicyclic amines) is 1. The third-order valence-electron chi connectivity index (χ3n) is 3.61. The van der Waals surface area contributed by atoms with Crippen LogP contribution in [-0.4, -0.2) is 28.4 Å². The van der Waals surface area contributed by atoms with Crippen LogP contribution in [0.25, 0.3) is 0 Å². The van der Waals surface area contributed by atoms with Gasteiger partial charge in [-0.3, -0.25) is 9.59 Å². The summed E-state index contributed by atoms with van der Waals surface area (Å²) in [7, 11) is 0. The Morgan fingerprint density at radius 2 is 2.30 bits per heavy atom. The van der Waals surface area contributed by atoms with Gasteiger partial charge in [-0.2, -0.15) is 0 Å². The number of aliphatic carboxylic acids is 1. The van der Waals surface area contributed by atoms with Crippen molar-refractivity contribution >= 4 is 27.8 Å². The minimum absolute atomic E-state index is 0.00752. The molecule has 1 fully saturated rings. The lowest BCUT2D eigenvalue weighted by molar-refractivity contribution is -0.146. The highest BCUT2D eigenvalue weighted by Gasteiger charge is 2.40. The van der Waals surface area contributed by atoms with Crippen molar-refractivity contribution in [2.45, 2.75) is 38.6 Å². The van der Waals surface area contributed by atoms with E-state index in [0.717, 1.165) is 6.42 Å². The summed E-state index contributed by atoms with van der Waals surface area (Å²) in [5.74, 6) is -0.953. The first kappa shape index (κ1) is 15.1. The lowest BCUT2D eigenvalue weighted by Gasteiger charge is -2.31. The molecule has 1 N–H and O–H groups in total. The van der Waals surface area contributed by atoms with Gasteiger partial charge in [0.2, 0.25) is 5.91 Å². The van der Waals surface area contributed by atoms with E-state index in [9.17, 15) is 14.7 Å². The smallest absolute Gasteiger partial charge is 0.309 e. The Kier molecular flexibility index (Phi) is 4.86. The Balaban J connectivity index is 2.42. The van der Waals surface area contributed by atoms with Crippen LogP contribution >= 0.6 is 15.9 Å². The van der Waals surface area contributed by atoms with Crippen LogP contribution in [0.3, 0.4) is 0 Å². The molecule has 2 heterocycles. The molecular weight excluding hydrogens is 326 g/mol. The van der Waals surface area contributed by atoms with Crippen molar-refractivity contribution in [3.05, 3.63) is 22.6 Å². The molecule has 0 bridgehead atoms. The molecular formula is C14H18BrNO4. The van der Waals surface area contributed by atoms with Gasteiger partial charge in [-0.05, 0) is 47.3 Å². The number of hydrogen-bond donors (Lipinski definition) is 1. The standard InChI is InChI=1S/C14H18BrNO4/c1-2-8-16-12(17)5-3-4-9(14(18)19)13(16)10-6-7-11(15)20-10/h6-7,9,13H,2-5,8H2,1H3,(H,18,19). The molecule has 1 saturated heterocycles. The van der Waals surface area contributed by atoms with Gasteiger partial charge in [0, 0.05) is 13.0 Å². The van der Waals surface area contributed by atoms with Gasteiger partial charge in [0.25, 0.3) is 0 Å². The van der Waals surface area contributed by atoms with E-state index < -0.39 is 17.9 Å². The van der Waals surface area contributed by atoms with Crippen LogP contribution in [0, 0.1) is 5.92 Å². The summed E-state index contributed by atoms with van der Waals surface area (Å²) >= 11 is 3.23. The van der Waals surface area contributed by atoms with Crippen LogP contribution in [0.2, 0.25) is 0 Å². The Morgan fingerprint density at radius 1 is 1.55 bits per heavy atom. The van der Waals surface area contributed by atoms with E-state index in [4.69, 9.17) is 4.42 Å². The van der Waals surface area contributed by atoms with Crippen molar-refractivity contribution in [2.75, 3.05) is 6.54 Å². The summed E-state index contributed by atoms with van der Waals surface area (Å²) in [6.45, 7) is 2.52. The molecule has 20 heavy (non-hydrogen) atoms. The number of nitrogens with zero attached hydrogens (tertiary/aromatic N) is 1. The first-order valence-corrected chi connectivity index (χ1v) is 7.61. The van der Waals surface area contributed by atoms with Crippen LogP contribution in [0.4, 0.5) is 0 Å². The Bertz CT molecular complexity index is 499. The number of furan rings is 1. The monoisotopic (exact) mass is 343 g/mol. The molecule has 1 amide bonds. The van der Waals surface area contributed by atoms with Crippen molar-refractivity contribution in [3.8, 4) is 0 Å². The van der Waals surface area contributed by atoms with E-state index in [2.05, 4.69) is 15.9 Å². The first-order valence-electron chi connectivity index (χ1n) is 6.82. The molecule has 110 valence electrons. The highest BCUT2D eigenvalue weighted by Crippen LogP contribution is 2.37. The topological polar surface area (TPSA) is 70.8 Å². The second-order valence-corrected chi connectivity index (χ2v) is 5.79. The molecule has 5 nitrogen and oxygen atoms in total. The maximum Gasteiger partial charge on any atom is 0.309 e. The zero-order valence-electron chi connectivity index (χ0n) is 11.3. The number of carboxylic acids is 1. The van der Waals surface area contributed by atoms with E-state index in [0.29, 0.717) is 36.2 Å². The average molecular weight is 344 g/mol. The van der Waals surface area contributed by atoms with Gasteiger partial charge in [0.05, 0.1) is 5.92 Å². The van der Waals surface area contributed by atoms with Crippen molar-refractivity contribution in [3.63, 3.8) is 0 Å². The number of amides is 1. The highest BCUT2D eigenvalue weighted by molar-refractivity contribution is 9.10. The van der Waals surface area contributed by atoms with E-state index in [1.165, 1.54) is 0 Å². The zero-order chi connectivity index (χ0) is 14.7. The maximum atomic E-state index is 12.2. The van der Waals surface area contributed by atoms with E-state index >= 15 is 0 Å². The van der Waals surface area contributed by atoms with Crippen molar-refractivity contribution < 1.29 is 19.1 Å². The number of carbonyl (C=O) groups excluding carboxylic acids is 1. The predicted octanol–water partition coefficient (Wildman–Crippen LogP) is 3.21. The first-order chi connectivity index (χ1) is 9.54. The molecule has 0 radical (unpaired) electrons. The number of hydrogen-bond acceptors (Lipinski definition) is 3. The lowest BCUT2D eigenvalue weighted by atomic mass is 9.93. The molecule has 2 unspecified atom stereocenters. The van der Waals surface area contributed by atoms with Gasteiger partial charge in [-0.25, -0.2) is 0 Å². The van der Waals surface area contributed by atoms with Crippen molar-refractivity contribution in [1.29, 1.82) is 0 Å². The summed E-state index contributed by atoms with van der Waals surface area (Å²) in [5, 5.41) is 9.48. The summed E-state index contributed by atoms with van der Waals surface area (Å²) in [4.78, 5) is 25.5. The largest absolute Gasteiger partial charge is 0.481 e. The maximum absolute atomic E-state index is 12.2. The zero-order valence-corrected chi connectivity index (χ0v) is 12.9. The van der Waals surface area contributed by atoms with Crippen LogP contribution in [0.1, 0.15) is 44.4 Å². The van der Waals surface area contributed by atoms with Crippen LogP contribution in [0.15, 0.2) is 21.2 Å². The fourth-order valence-electron chi connectivity index (χ4n) is 2.75. The van der Waals surface area contributed by atoms with Gasteiger partial charge in [0.15, 0.2) is 4.67 Å². The number of carbonyl (C=O) groups is 2. The summed E-state index contributed by atoms with van der Waals surface area (Å²) in [6, 6.07) is 2.95. The minimum atomic E-state index is -0.877. The predicted molar refractivity (Wildman–Crippen MR) is 76.1 cm³/mol.